The van der Waals surface area contributed by atoms with Gasteiger partial charge in [0.1, 0.15) is 6.10 Å². The third-order valence-electron chi connectivity index (χ3n) is 6.72. The van der Waals surface area contributed by atoms with Gasteiger partial charge in [-0.2, -0.15) is 0 Å². The Morgan fingerprint density at radius 1 is 1.21 bits per heavy atom. The number of thiocarbonyl (C=S) groups is 1. The summed E-state index contributed by atoms with van der Waals surface area (Å²) in [5.74, 6) is 0.911. The zero-order valence-electron chi connectivity index (χ0n) is 15.4. The van der Waals surface area contributed by atoms with E-state index in [2.05, 4.69) is 32.9 Å². The summed E-state index contributed by atoms with van der Waals surface area (Å²) in [6.45, 7) is 11.0. The highest BCUT2D eigenvalue weighted by molar-refractivity contribution is 8.22. The van der Waals surface area contributed by atoms with Crippen molar-refractivity contribution < 1.29 is 14.2 Å². The van der Waals surface area contributed by atoms with Crippen molar-refractivity contribution in [1.82, 2.24) is 0 Å². The van der Waals surface area contributed by atoms with Crippen LogP contribution in [-0.4, -0.2) is 34.7 Å². The lowest BCUT2D eigenvalue weighted by atomic mass is 9.53. The fourth-order valence-corrected chi connectivity index (χ4v) is 6.17. The predicted molar refractivity (Wildman–Crippen MR) is 101 cm³/mol. The summed E-state index contributed by atoms with van der Waals surface area (Å²) in [5.41, 5.74) is 0.0408. The molecule has 1 aliphatic heterocycles. The second-order valence-corrected chi connectivity index (χ2v) is 10.6. The fourth-order valence-electron chi connectivity index (χ4n) is 5.87. The van der Waals surface area contributed by atoms with E-state index in [-0.39, 0.29) is 29.1 Å². The number of hydrogen-bond acceptors (Lipinski definition) is 5. The van der Waals surface area contributed by atoms with Gasteiger partial charge in [0.15, 0.2) is 5.79 Å². The molecule has 2 bridgehead atoms. The summed E-state index contributed by atoms with van der Waals surface area (Å²) in [5, 5.41) is 0. The van der Waals surface area contributed by atoms with Gasteiger partial charge in [-0.15, -0.1) is 0 Å². The van der Waals surface area contributed by atoms with Gasteiger partial charge >= 0.3 is 0 Å². The van der Waals surface area contributed by atoms with E-state index in [4.69, 9.17) is 26.4 Å². The maximum atomic E-state index is 6.38. The van der Waals surface area contributed by atoms with Crippen molar-refractivity contribution in [2.75, 3.05) is 6.26 Å². The van der Waals surface area contributed by atoms with Crippen LogP contribution < -0.4 is 0 Å². The SMILES string of the molecule is CSC(=S)O[C@@H]1[C@@H]2[C@H](CC1(C)C)[C@@H]1C=C[C@@]2(C)[C@H]2OC(C)(C)O[C@@H]12. The lowest BCUT2D eigenvalue weighted by molar-refractivity contribution is -0.156. The maximum absolute atomic E-state index is 6.38. The molecule has 24 heavy (non-hydrogen) atoms. The van der Waals surface area contributed by atoms with E-state index >= 15 is 0 Å². The first kappa shape index (κ1) is 17.3. The highest BCUT2D eigenvalue weighted by Crippen LogP contribution is 2.66. The fraction of sp³-hybridized carbons (Fsp3) is 0.842. The van der Waals surface area contributed by atoms with E-state index in [1.54, 1.807) is 0 Å². The second kappa shape index (κ2) is 5.21. The van der Waals surface area contributed by atoms with Gasteiger partial charge in [-0.1, -0.05) is 44.7 Å². The van der Waals surface area contributed by atoms with Gasteiger partial charge < -0.3 is 14.2 Å². The minimum absolute atomic E-state index is 0.0652. The van der Waals surface area contributed by atoms with E-state index in [0.29, 0.717) is 22.1 Å². The van der Waals surface area contributed by atoms with Crippen molar-refractivity contribution in [3.05, 3.63) is 12.2 Å². The molecule has 5 heteroatoms. The van der Waals surface area contributed by atoms with Crippen LogP contribution in [0.25, 0.3) is 0 Å². The highest BCUT2D eigenvalue weighted by Gasteiger charge is 2.70. The summed E-state index contributed by atoms with van der Waals surface area (Å²) in [7, 11) is 0. The summed E-state index contributed by atoms with van der Waals surface area (Å²) < 4.78 is 19.7. The second-order valence-electron chi connectivity index (χ2n) is 9.20. The molecule has 0 unspecified atom stereocenters. The molecule has 7 atom stereocenters. The van der Waals surface area contributed by atoms with Gasteiger partial charge in [0, 0.05) is 22.7 Å². The largest absolute Gasteiger partial charge is 0.474 e. The van der Waals surface area contributed by atoms with Crippen LogP contribution in [0.4, 0.5) is 0 Å². The standard InChI is InChI=1S/C19H28O3S2/c1-17(2)9-11-10-7-8-19(5,12(11)14(17)20-16(23)24-6)15-13(10)21-18(3,4)22-15/h7-8,10-15H,9H2,1-6H3/t10-,11+,12-,13-,14+,15-,19+/m0/s1. The van der Waals surface area contributed by atoms with E-state index in [0.717, 1.165) is 6.42 Å². The molecular formula is C19H28O3S2. The third kappa shape index (κ3) is 2.27. The van der Waals surface area contributed by atoms with Crippen LogP contribution in [0.1, 0.15) is 41.0 Å². The molecule has 5 rings (SSSR count). The molecular weight excluding hydrogens is 340 g/mol. The normalized spacial score (nSPS) is 49.8. The smallest absolute Gasteiger partial charge is 0.219 e. The van der Waals surface area contributed by atoms with Crippen LogP contribution in [0.15, 0.2) is 12.2 Å². The molecule has 1 heterocycles. The van der Waals surface area contributed by atoms with Crippen LogP contribution in [-0.2, 0) is 14.2 Å². The van der Waals surface area contributed by atoms with Crippen molar-refractivity contribution in [3.8, 4) is 0 Å². The lowest BCUT2D eigenvalue weighted by Gasteiger charge is -2.55. The Morgan fingerprint density at radius 2 is 1.92 bits per heavy atom. The Morgan fingerprint density at radius 3 is 2.58 bits per heavy atom. The minimum Gasteiger partial charge on any atom is -0.474 e. The number of thioether (sulfide) groups is 1. The van der Waals surface area contributed by atoms with Crippen molar-refractivity contribution in [3.63, 3.8) is 0 Å². The van der Waals surface area contributed by atoms with Crippen LogP contribution in [0.5, 0.6) is 0 Å². The van der Waals surface area contributed by atoms with Crippen molar-refractivity contribution in [2.45, 2.75) is 65.1 Å². The van der Waals surface area contributed by atoms with Crippen LogP contribution in [0.3, 0.4) is 0 Å². The molecule has 0 amide bonds. The number of ether oxygens (including phenoxy) is 3. The van der Waals surface area contributed by atoms with E-state index < -0.39 is 5.79 Å². The van der Waals surface area contributed by atoms with Gasteiger partial charge in [-0.25, -0.2) is 0 Å². The molecule has 0 radical (unpaired) electrons. The van der Waals surface area contributed by atoms with Gasteiger partial charge in [0.05, 0.1) is 12.2 Å². The Labute approximate surface area is 154 Å². The molecule has 2 saturated carbocycles. The Bertz CT molecular complexity index is 599. The quantitative estimate of drug-likeness (QED) is 0.505. The van der Waals surface area contributed by atoms with Gasteiger partial charge in [0.2, 0.25) is 4.38 Å². The maximum Gasteiger partial charge on any atom is 0.219 e. The van der Waals surface area contributed by atoms with Gasteiger partial charge in [0.25, 0.3) is 0 Å². The molecule has 1 saturated heterocycles. The summed E-state index contributed by atoms with van der Waals surface area (Å²) in [6, 6.07) is 0. The van der Waals surface area contributed by atoms with E-state index in [1.807, 2.05) is 20.1 Å². The van der Waals surface area contributed by atoms with Crippen molar-refractivity contribution in [2.24, 2.45) is 28.6 Å². The lowest BCUT2D eigenvalue weighted by Crippen LogP contribution is -2.60. The molecule has 5 aliphatic rings. The zero-order valence-corrected chi connectivity index (χ0v) is 17.0. The minimum atomic E-state index is -0.500. The van der Waals surface area contributed by atoms with Gasteiger partial charge in [-0.3, -0.25) is 0 Å². The van der Waals surface area contributed by atoms with Crippen LogP contribution >= 0.6 is 24.0 Å². The van der Waals surface area contributed by atoms with Gasteiger partial charge in [-0.05, 0) is 44.7 Å². The third-order valence-corrected chi connectivity index (χ3v) is 7.75. The average molecular weight is 369 g/mol. The summed E-state index contributed by atoms with van der Waals surface area (Å²) >= 11 is 6.93. The van der Waals surface area contributed by atoms with Crippen LogP contribution in [0, 0.1) is 28.6 Å². The molecule has 0 N–H and O–H groups in total. The van der Waals surface area contributed by atoms with Crippen molar-refractivity contribution >= 4 is 28.4 Å². The molecule has 4 aliphatic carbocycles. The summed E-state index contributed by atoms with van der Waals surface area (Å²) in [6.07, 6.45) is 8.31. The average Bonchev–Trinajstić information content (AvgIpc) is 2.95. The molecule has 134 valence electrons. The predicted octanol–water partition coefficient (Wildman–Crippen LogP) is 4.41. The van der Waals surface area contributed by atoms with E-state index in [1.165, 1.54) is 11.8 Å². The first-order valence-corrected chi connectivity index (χ1v) is 10.5. The molecule has 0 aromatic carbocycles. The molecule has 0 aromatic heterocycles. The van der Waals surface area contributed by atoms with Crippen LogP contribution in [0.2, 0.25) is 0 Å². The molecule has 0 spiro atoms. The first-order valence-electron chi connectivity index (χ1n) is 8.89. The Balaban J connectivity index is 1.74. The Kier molecular flexibility index (Phi) is 3.76. The van der Waals surface area contributed by atoms with Crippen molar-refractivity contribution in [1.29, 1.82) is 0 Å². The monoisotopic (exact) mass is 368 g/mol. The molecule has 3 nitrogen and oxygen atoms in total. The Hall–Kier alpha value is -0.100. The highest BCUT2D eigenvalue weighted by atomic mass is 32.2. The number of hydrogen-bond donors (Lipinski definition) is 0. The topological polar surface area (TPSA) is 27.7 Å². The first-order chi connectivity index (χ1) is 11.1. The number of rotatable bonds is 1. The summed E-state index contributed by atoms with van der Waals surface area (Å²) in [4.78, 5) is 0. The molecule has 0 aromatic rings. The van der Waals surface area contributed by atoms with E-state index in [9.17, 15) is 0 Å². The molecule has 3 fully saturated rings. The zero-order chi connectivity index (χ0) is 17.5.